The predicted octanol–water partition coefficient (Wildman–Crippen LogP) is 5.40. The zero-order valence-electron chi connectivity index (χ0n) is 16.2. The van der Waals surface area contributed by atoms with Crippen LogP contribution in [0.1, 0.15) is 11.5 Å². The largest absolute Gasteiger partial charge is 0.463 e. The summed E-state index contributed by atoms with van der Waals surface area (Å²) in [5, 5.41) is 12.4. The minimum absolute atomic E-state index is 0.135. The molecule has 0 bridgehead atoms. The van der Waals surface area contributed by atoms with Crippen LogP contribution in [0.5, 0.6) is 0 Å². The van der Waals surface area contributed by atoms with E-state index in [4.69, 9.17) is 4.42 Å². The molecule has 5 rings (SSSR count). The first-order chi connectivity index (χ1) is 13.6. The Morgan fingerprint density at radius 1 is 0.786 bits per heavy atom. The molecule has 5 aromatic rings. The number of hydrogen-bond acceptors (Lipinski definition) is 2. The molecule has 4 heteroatoms. The number of aromatic nitrogens is 2. The lowest BCUT2D eigenvalue weighted by atomic mass is 9.94. The third kappa shape index (κ3) is 2.28. The summed E-state index contributed by atoms with van der Waals surface area (Å²) in [5.74, 6) is 1.43. The number of aliphatic hydroxyl groups excluding tert-OH is 1. The Morgan fingerprint density at radius 3 is 1.82 bits per heavy atom. The van der Waals surface area contributed by atoms with Crippen LogP contribution in [0.4, 0.5) is 0 Å². The summed E-state index contributed by atoms with van der Waals surface area (Å²) in [4.78, 5) is 0. The Balaban J connectivity index is 1.89. The molecule has 4 nitrogen and oxygen atoms in total. The topological polar surface area (TPSA) is 43.2 Å². The maximum absolute atomic E-state index is 10.1. The maximum Gasteiger partial charge on any atom is 0.138 e. The molecular weight excluding hydrogens is 348 g/mol. The Bertz CT molecular complexity index is 1330. The molecule has 0 atom stereocenters. The highest BCUT2D eigenvalue weighted by Crippen LogP contribution is 2.45. The first-order valence-electron chi connectivity index (χ1n) is 9.42. The number of benzene rings is 2. The highest BCUT2D eigenvalue weighted by atomic mass is 16.4. The highest BCUT2D eigenvalue weighted by molar-refractivity contribution is 6.06. The van der Waals surface area contributed by atoms with Gasteiger partial charge in [0.1, 0.15) is 18.1 Å². The Hall–Kier alpha value is -3.24. The number of furan rings is 1. The van der Waals surface area contributed by atoms with Gasteiger partial charge in [0.25, 0.3) is 0 Å². The van der Waals surface area contributed by atoms with Gasteiger partial charge >= 0.3 is 0 Å². The van der Waals surface area contributed by atoms with Gasteiger partial charge in [-0.1, -0.05) is 36.4 Å². The summed E-state index contributed by atoms with van der Waals surface area (Å²) >= 11 is 0. The number of fused-ring (bicyclic) bond motifs is 2. The second-order valence-electron chi connectivity index (χ2n) is 7.33. The summed E-state index contributed by atoms with van der Waals surface area (Å²) < 4.78 is 10.3. The Kier molecular flexibility index (Phi) is 3.71. The monoisotopic (exact) mass is 370 g/mol. The molecule has 2 aromatic carbocycles. The van der Waals surface area contributed by atoms with Gasteiger partial charge in [0, 0.05) is 70.5 Å². The number of nitrogens with zero attached hydrogens (tertiary/aromatic N) is 2. The molecule has 0 fully saturated rings. The van der Waals surface area contributed by atoms with E-state index in [9.17, 15) is 5.11 Å². The molecule has 0 aliphatic rings. The summed E-state index contributed by atoms with van der Waals surface area (Å²) in [6.45, 7) is 1.84. The van der Waals surface area contributed by atoms with Crippen molar-refractivity contribution in [3.05, 3.63) is 72.4 Å². The van der Waals surface area contributed by atoms with Gasteiger partial charge in [-0.05, 0) is 19.1 Å². The lowest BCUT2D eigenvalue weighted by Crippen LogP contribution is -1.87. The van der Waals surface area contributed by atoms with Gasteiger partial charge in [-0.25, -0.2) is 0 Å². The van der Waals surface area contributed by atoms with Gasteiger partial charge < -0.3 is 18.7 Å². The SMILES string of the molecule is Cc1oc(CO)c(-c2cn(C)c3ccccc23)c1-c1cn(C)c2ccccc12. The molecule has 0 aliphatic heterocycles. The van der Waals surface area contributed by atoms with Gasteiger partial charge in [0.15, 0.2) is 0 Å². The van der Waals surface area contributed by atoms with Crippen LogP contribution in [0.3, 0.4) is 0 Å². The van der Waals surface area contributed by atoms with E-state index in [0.29, 0.717) is 5.76 Å². The second-order valence-corrected chi connectivity index (χ2v) is 7.33. The van der Waals surface area contributed by atoms with Crippen LogP contribution in [0.2, 0.25) is 0 Å². The van der Waals surface area contributed by atoms with E-state index in [1.54, 1.807) is 0 Å². The van der Waals surface area contributed by atoms with E-state index in [1.807, 2.05) is 13.0 Å². The normalized spacial score (nSPS) is 11.7. The van der Waals surface area contributed by atoms with Crippen LogP contribution in [-0.4, -0.2) is 14.2 Å². The molecule has 0 saturated carbocycles. The van der Waals surface area contributed by atoms with Crippen molar-refractivity contribution >= 4 is 21.8 Å². The third-order valence-corrected chi connectivity index (χ3v) is 5.63. The maximum atomic E-state index is 10.1. The van der Waals surface area contributed by atoms with E-state index < -0.39 is 0 Å². The smallest absolute Gasteiger partial charge is 0.138 e. The van der Waals surface area contributed by atoms with Crippen molar-refractivity contribution in [3.8, 4) is 22.3 Å². The predicted molar refractivity (Wildman–Crippen MR) is 113 cm³/mol. The first kappa shape index (κ1) is 16.9. The van der Waals surface area contributed by atoms with Crippen LogP contribution in [0.25, 0.3) is 44.1 Å². The van der Waals surface area contributed by atoms with Crippen molar-refractivity contribution in [2.24, 2.45) is 14.1 Å². The number of para-hydroxylation sites is 2. The molecule has 3 aromatic heterocycles. The average molecular weight is 370 g/mol. The highest BCUT2D eigenvalue weighted by Gasteiger charge is 2.25. The van der Waals surface area contributed by atoms with Crippen LogP contribution in [0.15, 0.2) is 65.3 Å². The fraction of sp³-hybridized carbons (Fsp3) is 0.167. The number of aliphatic hydroxyl groups is 1. The lowest BCUT2D eigenvalue weighted by molar-refractivity contribution is 0.245. The Labute approximate surface area is 163 Å². The van der Waals surface area contributed by atoms with Crippen LogP contribution in [-0.2, 0) is 20.7 Å². The van der Waals surface area contributed by atoms with Crippen LogP contribution >= 0.6 is 0 Å². The van der Waals surface area contributed by atoms with Gasteiger partial charge in [0.05, 0.1) is 0 Å². The zero-order valence-corrected chi connectivity index (χ0v) is 16.2. The van der Waals surface area contributed by atoms with Crippen molar-refractivity contribution < 1.29 is 9.52 Å². The van der Waals surface area contributed by atoms with Crippen molar-refractivity contribution in [2.75, 3.05) is 0 Å². The van der Waals surface area contributed by atoms with E-state index in [-0.39, 0.29) is 6.61 Å². The summed E-state index contributed by atoms with van der Waals surface area (Å²) in [6.07, 6.45) is 4.28. The first-order valence-corrected chi connectivity index (χ1v) is 9.42. The molecule has 0 unspecified atom stereocenters. The summed E-state index contributed by atoms with van der Waals surface area (Å²) in [6, 6.07) is 16.7. The minimum Gasteiger partial charge on any atom is -0.463 e. The molecule has 140 valence electrons. The molecule has 0 radical (unpaired) electrons. The van der Waals surface area contributed by atoms with Crippen molar-refractivity contribution in [2.45, 2.75) is 13.5 Å². The lowest BCUT2D eigenvalue weighted by Gasteiger charge is -2.05. The third-order valence-electron chi connectivity index (χ3n) is 5.63. The molecule has 0 saturated heterocycles. The molecule has 1 N–H and O–H groups in total. The van der Waals surface area contributed by atoms with Gasteiger partial charge in [-0.3, -0.25) is 0 Å². The van der Waals surface area contributed by atoms with Crippen LogP contribution < -0.4 is 0 Å². The molecule has 0 amide bonds. The van der Waals surface area contributed by atoms with Crippen molar-refractivity contribution in [1.29, 1.82) is 0 Å². The quantitative estimate of drug-likeness (QED) is 0.462. The van der Waals surface area contributed by atoms with E-state index in [1.165, 1.54) is 10.9 Å². The van der Waals surface area contributed by atoms with E-state index in [0.717, 1.165) is 38.9 Å². The average Bonchev–Trinajstić information content (AvgIpc) is 3.33. The number of rotatable bonds is 3. The molecule has 0 spiro atoms. The molecule has 0 aliphatic carbocycles. The number of aryl methyl sites for hydroxylation is 3. The van der Waals surface area contributed by atoms with E-state index >= 15 is 0 Å². The fourth-order valence-electron chi connectivity index (χ4n) is 4.40. The Morgan fingerprint density at radius 2 is 1.29 bits per heavy atom. The van der Waals surface area contributed by atoms with Crippen LogP contribution in [0, 0.1) is 6.92 Å². The summed E-state index contributed by atoms with van der Waals surface area (Å²) in [5.41, 5.74) is 6.57. The number of hydrogen-bond donors (Lipinski definition) is 1. The van der Waals surface area contributed by atoms with Gasteiger partial charge in [0.2, 0.25) is 0 Å². The zero-order chi connectivity index (χ0) is 19.4. The fourth-order valence-corrected chi connectivity index (χ4v) is 4.40. The van der Waals surface area contributed by atoms with E-state index in [2.05, 4.69) is 78.1 Å². The van der Waals surface area contributed by atoms with Crippen molar-refractivity contribution in [1.82, 2.24) is 9.13 Å². The second kappa shape index (κ2) is 6.14. The summed E-state index contributed by atoms with van der Waals surface area (Å²) in [7, 11) is 4.11. The minimum atomic E-state index is -0.135. The van der Waals surface area contributed by atoms with Gasteiger partial charge in [-0.15, -0.1) is 0 Å². The molecule has 3 heterocycles. The standard InChI is InChI=1S/C24H22N2O2/c1-15-23(18-12-25(2)20-10-6-4-8-16(18)20)24(22(14-27)28-15)19-13-26(3)21-11-7-5-9-17(19)21/h4-13,27H,14H2,1-3H3. The van der Waals surface area contributed by atoms with Crippen molar-refractivity contribution in [3.63, 3.8) is 0 Å². The molecular formula is C24H22N2O2. The van der Waals surface area contributed by atoms with Gasteiger partial charge in [-0.2, -0.15) is 0 Å². The molecule has 28 heavy (non-hydrogen) atoms.